The molecule has 0 aromatic heterocycles. The van der Waals surface area contributed by atoms with Crippen LogP contribution in [-0.4, -0.2) is 43.9 Å². The summed E-state index contributed by atoms with van der Waals surface area (Å²) in [6.45, 7) is 6.19. The number of ether oxygens (including phenoxy) is 3. The number of aromatic carboxylic acids is 1. The number of hydrogen-bond donors (Lipinski definition) is 2. The molecule has 0 fully saturated rings. The average Bonchev–Trinajstić information content (AvgIpc) is 2.73. The minimum atomic E-state index is -1.03. The van der Waals surface area contributed by atoms with E-state index in [-0.39, 0.29) is 24.2 Å². The Morgan fingerprint density at radius 3 is 2.52 bits per heavy atom. The highest BCUT2D eigenvalue weighted by Crippen LogP contribution is 2.20. The number of carboxylic acids is 1. The molecule has 0 amide bonds. The van der Waals surface area contributed by atoms with E-state index in [1.807, 2.05) is 39.0 Å². The largest absolute Gasteiger partial charge is 0.497 e. The summed E-state index contributed by atoms with van der Waals surface area (Å²) in [5, 5.41) is 12.8. The van der Waals surface area contributed by atoms with Crippen LogP contribution in [0.3, 0.4) is 0 Å². The summed E-state index contributed by atoms with van der Waals surface area (Å²) in [6, 6.07) is 6.27. The van der Waals surface area contributed by atoms with Crippen LogP contribution in [0.4, 0.5) is 0 Å². The van der Waals surface area contributed by atoms with E-state index in [4.69, 9.17) is 25.2 Å². The summed E-state index contributed by atoms with van der Waals surface area (Å²) in [4.78, 5) is 11.1. The van der Waals surface area contributed by atoms with Gasteiger partial charge in [-0.1, -0.05) is 19.9 Å². The molecule has 0 heterocycles. The van der Waals surface area contributed by atoms with Crippen LogP contribution in [0.5, 0.6) is 0 Å². The van der Waals surface area contributed by atoms with Crippen LogP contribution in [0, 0.1) is 0 Å². The Bertz CT molecular complexity index is 809. The summed E-state index contributed by atoms with van der Waals surface area (Å²) in [7, 11) is 3.26. The highest BCUT2D eigenvalue weighted by molar-refractivity contribution is 5.97. The van der Waals surface area contributed by atoms with Gasteiger partial charge in [-0.15, -0.1) is 5.10 Å². The second kappa shape index (κ2) is 12.4. The Labute approximate surface area is 172 Å². The zero-order valence-electron chi connectivity index (χ0n) is 17.6. The summed E-state index contributed by atoms with van der Waals surface area (Å²) in [6.07, 6.45) is 6.30. The van der Waals surface area contributed by atoms with Gasteiger partial charge in [-0.05, 0) is 60.9 Å². The molecular weight excluding hydrogens is 372 g/mol. The molecule has 1 aromatic rings. The van der Waals surface area contributed by atoms with Crippen molar-refractivity contribution in [1.29, 1.82) is 0 Å². The minimum absolute atomic E-state index is 0.134. The van der Waals surface area contributed by atoms with Gasteiger partial charge in [-0.25, -0.2) is 4.79 Å². The van der Waals surface area contributed by atoms with Gasteiger partial charge in [-0.2, -0.15) is 0 Å². The summed E-state index contributed by atoms with van der Waals surface area (Å²) >= 11 is 0. The first-order valence-electron chi connectivity index (χ1n) is 9.38. The van der Waals surface area contributed by atoms with Crippen LogP contribution in [0.1, 0.15) is 43.1 Å². The highest BCUT2D eigenvalue weighted by atomic mass is 16.5. The molecule has 1 aromatic carbocycles. The van der Waals surface area contributed by atoms with Gasteiger partial charge in [0.15, 0.2) is 0 Å². The van der Waals surface area contributed by atoms with E-state index in [0.29, 0.717) is 12.0 Å². The van der Waals surface area contributed by atoms with Crippen LogP contribution in [0.2, 0.25) is 0 Å². The van der Waals surface area contributed by atoms with E-state index < -0.39 is 5.97 Å². The van der Waals surface area contributed by atoms with Crippen molar-refractivity contribution >= 4 is 11.9 Å². The Balaban J connectivity index is 0.00000204. The van der Waals surface area contributed by atoms with Gasteiger partial charge in [0, 0.05) is 12.7 Å². The van der Waals surface area contributed by atoms with E-state index >= 15 is 0 Å². The first-order chi connectivity index (χ1) is 14.0. The van der Waals surface area contributed by atoms with Crippen LogP contribution in [0.25, 0.3) is 0 Å². The van der Waals surface area contributed by atoms with Gasteiger partial charge < -0.3 is 25.2 Å². The molecule has 0 radical (unpaired) electrons. The van der Waals surface area contributed by atoms with Crippen molar-refractivity contribution in [3.05, 3.63) is 70.5 Å². The number of allylic oxidation sites excluding steroid dienone is 2. The number of nitrogens with zero attached hydrogens (tertiary/aromatic N) is 1. The number of methoxy groups -OCH3 is 2. The first-order valence-corrected chi connectivity index (χ1v) is 9.38. The predicted octanol–water partition coefficient (Wildman–Crippen LogP) is 3.87. The summed E-state index contributed by atoms with van der Waals surface area (Å²) < 4.78 is 16.6. The third-order valence-corrected chi connectivity index (χ3v) is 4.11. The highest BCUT2D eigenvalue weighted by Gasteiger charge is 2.14. The second-order valence-corrected chi connectivity index (χ2v) is 5.96. The molecule has 1 unspecified atom stereocenters. The maximum Gasteiger partial charge on any atom is 0.335 e. The quantitative estimate of drug-likeness (QED) is 0.246. The van der Waals surface area contributed by atoms with Crippen molar-refractivity contribution in [3.8, 4) is 0 Å². The number of carbonyl (C=O) groups is 1. The molecule has 3 N–H and O–H groups in total. The molecule has 0 saturated heterocycles. The Hall–Kier alpha value is -3.06. The van der Waals surface area contributed by atoms with Crippen molar-refractivity contribution in [1.82, 2.24) is 0 Å². The molecule has 7 nitrogen and oxygen atoms in total. The summed E-state index contributed by atoms with van der Waals surface area (Å²) in [5.41, 5.74) is 2.58. The molecule has 1 aliphatic rings. The first kappa shape index (κ1) is 24.0. The lowest BCUT2D eigenvalue weighted by Crippen LogP contribution is -2.15. The molecule has 0 bridgehead atoms. The number of carboxylic acid groups (broad SMARTS) is 1. The van der Waals surface area contributed by atoms with Crippen molar-refractivity contribution in [2.24, 2.45) is 10.9 Å². The van der Waals surface area contributed by atoms with Crippen molar-refractivity contribution < 1.29 is 24.1 Å². The lowest BCUT2D eigenvalue weighted by molar-refractivity contribution is 0.0697. The fourth-order valence-electron chi connectivity index (χ4n) is 2.69. The van der Waals surface area contributed by atoms with Gasteiger partial charge in [0.05, 0.1) is 18.8 Å². The van der Waals surface area contributed by atoms with Crippen molar-refractivity contribution in [2.75, 3.05) is 20.8 Å². The van der Waals surface area contributed by atoms with Gasteiger partial charge in [0.2, 0.25) is 5.90 Å². The number of benzene rings is 1. The zero-order chi connectivity index (χ0) is 21.8. The second-order valence-electron chi connectivity index (χ2n) is 5.96. The Kier molecular flexibility index (Phi) is 10.3. The van der Waals surface area contributed by atoms with E-state index in [1.54, 1.807) is 26.4 Å². The Morgan fingerprint density at radius 1 is 1.24 bits per heavy atom. The number of hydrogen-bond acceptors (Lipinski definition) is 6. The van der Waals surface area contributed by atoms with Crippen LogP contribution >= 0.6 is 0 Å². The molecule has 2 rings (SSSR count). The third kappa shape index (κ3) is 7.12. The summed E-state index contributed by atoms with van der Waals surface area (Å²) in [5.74, 6) is 5.36. The van der Waals surface area contributed by atoms with Crippen molar-refractivity contribution in [3.63, 3.8) is 0 Å². The molecule has 7 heteroatoms. The maximum atomic E-state index is 11.1. The van der Waals surface area contributed by atoms with Gasteiger partial charge >= 0.3 is 5.97 Å². The molecule has 0 spiro atoms. The number of hydrazone groups is 1. The van der Waals surface area contributed by atoms with Crippen LogP contribution < -0.4 is 5.84 Å². The SMILES string of the molecule is CC.CO/C1=C/C/C(CO/C(=N\N)c2cccc(C(=O)O)c2)=C\C(OC)C=C1C. The van der Waals surface area contributed by atoms with Gasteiger partial charge in [0.1, 0.15) is 12.4 Å². The number of nitrogens with two attached hydrogens (primary N) is 1. The molecular formula is C22H30N2O5. The standard InChI is InChI=1S/C20H24N2O5.C2H6/c1-13-9-17(25-2)10-14(7-8-18(13)26-3)12-27-19(22-21)15-5-4-6-16(11-15)20(23)24;1-2/h4-6,8-11,17H,7,12,21H2,1-3H3,(H,23,24);1-2H3/b13-9?,14-10+,18-8+,22-19-;. The van der Waals surface area contributed by atoms with Crippen LogP contribution in [-0.2, 0) is 14.2 Å². The third-order valence-electron chi connectivity index (χ3n) is 4.11. The molecule has 0 aliphatic heterocycles. The topological polar surface area (TPSA) is 103 Å². The lowest BCUT2D eigenvalue weighted by Gasteiger charge is -2.17. The zero-order valence-corrected chi connectivity index (χ0v) is 17.6. The molecule has 1 atom stereocenters. The molecule has 0 saturated carbocycles. The van der Waals surface area contributed by atoms with Crippen molar-refractivity contribution in [2.45, 2.75) is 33.3 Å². The van der Waals surface area contributed by atoms with E-state index in [2.05, 4.69) is 5.10 Å². The lowest BCUT2D eigenvalue weighted by atomic mass is 10.0. The fourth-order valence-corrected chi connectivity index (χ4v) is 2.69. The molecule has 158 valence electrons. The van der Waals surface area contributed by atoms with E-state index in [9.17, 15) is 4.79 Å². The van der Waals surface area contributed by atoms with Gasteiger partial charge in [0.25, 0.3) is 0 Å². The average molecular weight is 402 g/mol. The number of rotatable bonds is 6. The monoisotopic (exact) mass is 402 g/mol. The molecule has 29 heavy (non-hydrogen) atoms. The fraction of sp³-hybridized carbons (Fsp3) is 0.364. The maximum absolute atomic E-state index is 11.1. The van der Waals surface area contributed by atoms with E-state index in [0.717, 1.165) is 16.9 Å². The molecule has 1 aliphatic carbocycles. The smallest absolute Gasteiger partial charge is 0.335 e. The predicted molar refractivity (Wildman–Crippen MR) is 114 cm³/mol. The minimum Gasteiger partial charge on any atom is -0.497 e. The normalized spacial score (nSPS) is 20.4. The van der Waals surface area contributed by atoms with Crippen LogP contribution in [0.15, 0.2) is 64.5 Å². The Morgan fingerprint density at radius 2 is 1.93 bits per heavy atom. The van der Waals surface area contributed by atoms with E-state index in [1.165, 1.54) is 12.1 Å². The van der Waals surface area contributed by atoms with Gasteiger partial charge in [-0.3, -0.25) is 0 Å².